The standard InChI is InChI=1S/C16H20N2O4S/c19-10-3-9-18(23(20,21)12-14-8-11-22-17-14)16-7-6-13-4-1-2-5-15(13)16/h1-2,4-5,8,11,16,19H,3,6-7,9-10,12H2. The van der Waals surface area contributed by atoms with E-state index in [2.05, 4.69) is 5.16 Å². The molecule has 0 spiro atoms. The molecule has 6 nitrogen and oxygen atoms in total. The molecule has 1 heterocycles. The number of aryl methyl sites for hydroxylation is 1. The Morgan fingerprint density at radius 3 is 2.87 bits per heavy atom. The van der Waals surface area contributed by atoms with Crippen molar-refractivity contribution in [3.8, 4) is 0 Å². The molecule has 124 valence electrons. The largest absolute Gasteiger partial charge is 0.396 e. The monoisotopic (exact) mass is 336 g/mol. The first kappa shape index (κ1) is 16.2. The van der Waals surface area contributed by atoms with Crippen molar-refractivity contribution in [3.63, 3.8) is 0 Å². The third-order valence-electron chi connectivity index (χ3n) is 4.16. The fourth-order valence-electron chi connectivity index (χ4n) is 3.13. The number of aromatic nitrogens is 1. The molecule has 1 atom stereocenters. The van der Waals surface area contributed by atoms with Crippen LogP contribution < -0.4 is 0 Å². The number of rotatable bonds is 7. The molecule has 2 aromatic rings. The van der Waals surface area contributed by atoms with Gasteiger partial charge in [-0.1, -0.05) is 29.4 Å². The number of sulfonamides is 1. The first-order chi connectivity index (χ1) is 11.1. The molecule has 0 aliphatic heterocycles. The molecule has 0 saturated heterocycles. The van der Waals surface area contributed by atoms with E-state index in [9.17, 15) is 8.42 Å². The van der Waals surface area contributed by atoms with Crippen LogP contribution in [0.5, 0.6) is 0 Å². The number of hydrogen-bond acceptors (Lipinski definition) is 5. The van der Waals surface area contributed by atoms with Crippen LogP contribution in [0, 0.1) is 0 Å². The molecule has 0 fully saturated rings. The van der Waals surface area contributed by atoms with Crippen LogP contribution in [0.25, 0.3) is 0 Å². The predicted molar refractivity (Wildman–Crippen MR) is 85.0 cm³/mol. The number of nitrogens with zero attached hydrogens (tertiary/aromatic N) is 2. The molecule has 0 amide bonds. The molecule has 0 radical (unpaired) electrons. The Morgan fingerprint density at radius 2 is 2.13 bits per heavy atom. The Hall–Kier alpha value is -1.70. The molecule has 1 N–H and O–H groups in total. The third kappa shape index (κ3) is 3.46. The van der Waals surface area contributed by atoms with E-state index in [1.165, 1.54) is 16.1 Å². The summed E-state index contributed by atoms with van der Waals surface area (Å²) in [5, 5.41) is 12.8. The third-order valence-corrected chi connectivity index (χ3v) is 5.98. The van der Waals surface area contributed by atoms with Gasteiger partial charge in [-0.15, -0.1) is 0 Å². The molecule has 1 aromatic carbocycles. The van der Waals surface area contributed by atoms with Gasteiger partial charge in [0, 0.05) is 19.2 Å². The summed E-state index contributed by atoms with van der Waals surface area (Å²) in [6, 6.07) is 9.34. The van der Waals surface area contributed by atoms with Crippen LogP contribution in [0.3, 0.4) is 0 Å². The lowest BCUT2D eigenvalue weighted by atomic mass is 10.1. The zero-order chi connectivity index (χ0) is 16.3. The maximum atomic E-state index is 12.9. The summed E-state index contributed by atoms with van der Waals surface area (Å²) in [6.45, 7) is 0.264. The summed E-state index contributed by atoms with van der Waals surface area (Å²) in [7, 11) is -3.54. The molecule has 1 unspecified atom stereocenters. The lowest BCUT2D eigenvalue weighted by Crippen LogP contribution is -2.36. The van der Waals surface area contributed by atoms with E-state index >= 15 is 0 Å². The van der Waals surface area contributed by atoms with Gasteiger partial charge in [-0.05, 0) is 30.4 Å². The van der Waals surface area contributed by atoms with E-state index in [-0.39, 0.29) is 18.4 Å². The van der Waals surface area contributed by atoms with Crippen LogP contribution in [-0.2, 0) is 22.2 Å². The predicted octanol–water partition coefficient (Wildman–Crippen LogP) is 1.88. The van der Waals surface area contributed by atoms with Crippen molar-refractivity contribution in [1.29, 1.82) is 0 Å². The maximum Gasteiger partial charge on any atom is 0.220 e. The highest BCUT2D eigenvalue weighted by Gasteiger charge is 2.35. The van der Waals surface area contributed by atoms with E-state index in [0.717, 1.165) is 18.4 Å². The number of aliphatic hydroxyl groups is 1. The minimum absolute atomic E-state index is 0.0374. The minimum Gasteiger partial charge on any atom is -0.396 e. The second-order valence-electron chi connectivity index (χ2n) is 5.69. The lowest BCUT2D eigenvalue weighted by Gasteiger charge is -2.28. The highest BCUT2D eigenvalue weighted by atomic mass is 32.2. The Balaban J connectivity index is 1.89. The highest BCUT2D eigenvalue weighted by molar-refractivity contribution is 7.88. The van der Waals surface area contributed by atoms with Crippen molar-refractivity contribution >= 4 is 10.0 Å². The van der Waals surface area contributed by atoms with Gasteiger partial charge >= 0.3 is 0 Å². The Bertz CT molecular complexity index is 743. The quantitative estimate of drug-likeness (QED) is 0.834. The van der Waals surface area contributed by atoms with Gasteiger partial charge in [-0.2, -0.15) is 4.31 Å². The fraction of sp³-hybridized carbons (Fsp3) is 0.438. The topological polar surface area (TPSA) is 83.6 Å². The second-order valence-corrected chi connectivity index (χ2v) is 7.61. The molecular formula is C16H20N2O4S. The second kappa shape index (κ2) is 6.82. The van der Waals surface area contributed by atoms with E-state index < -0.39 is 10.0 Å². The molecule has 1 aromatic heterocycles. The van der Waals surface area contributed by atoms with Crippen molar-refractivity contribution < 1.29 is 18.0 Å². The highest BCUT2D eigenvalue weighted by Crippen LogP contribution is 2.37. The van der Waals surface area contributed by atoms with Crippen molar-refractivity contribution in [2.75, 3.05) is 13.2 Å². The van der Waals surface area contributed by atoms with Gasteiger partial charge in [0.2, 0.25) is 10.0 Å². The van der Waals surface area contributed by atoms with E-state index in [0.29, 0.717) is 18.7 Å². The average molecular weight is 336 g/mol. The van der Waals surface area contributed by atoms with Crippen LogP contribution in [0.2, 0.25) is 0 Å². The normalized spacial score (nSPS) is 17.6. The van der Waals surface area contributed by atoms with Gasteiger partial charge in [-0.3, -0.25) is 0 Å². The smallest absolute Gasteiger partial charge is 0.220 e. The van der Waals surface area contributed by atoms with Gasteiger partial charge in [0.25, 0.3) is 0 Å². The zero-order valence-electron chi connectivity index (χ0n) is 12.8. The number of benzene rings is 1. The fourth-order valence-corrected chi connectivity index (χ4v) is 4.83. The Kier molecular flexibility index (Phi) is 4.79. The average Bonchev–Trinajstić information content (AvgIpc) is 3.17. The molecule has 23 heavy (non-hydrogen) atoms. The summed E-state index contributed by atoms with van der Waals surface area (Å²) < 4.78 is 32.0. The lowest BCUT2D eigenvalue weighted by molar-refractivity contribution is 0.249. The van der Waals surface area contributed by atoms with Crippen molar-refractivity contribution in [2.24, 2.45) is 0 Å². The van der Waals surface area contributed by atoms with Crippen LogP contribution in [-0.4, -0.2) is 36.1 Å². The van der Waals surface area contributed by atoms with Gasteiger partial charge in [0.15, 0.2) is 0 Å². The van der Waals surface area contributed by atoms with Crippen LogP contribution >= 0.6 is 0 Å². The first-order valence-electron chi connectivity index (χ1n) is 7.69. The summed E-state index contributed by atoms with van der Waals surface area (Å²) in [5.74, 6) is -0.187. The molecule has 7 heteroatoms. The van der Waals surface area contributed by atoms with Crippen molar-refractivity contribution in [3.05, 3.63) is 53.4 Å². The molecule has 3 rings (SSSR count). The van der Waals surface area contributed by atoms with Crippen molar-refractivity contribution in [1.82, 2.24) is 9.46 Å². The molecule has 0 bridgehead atoms. The van der Waals surface area contributed by atoms with E-state index in [1.54, 1.807) is 6.07 Å². The number of aliphatic hydroxyl groups excluding tert-OH is 1. The first-order valence-corrected chi connectivity index (χ1v) is 9.30. The molecule has 0 saturated carbocycles. The summed E-state index contributed by atoms with van der Waals surface area (Å²) in [5.41, 5.74) is 2.66. The summed E-state index contributed by atoms with van der Waals surface area (Å²) in [4.78, 5) is 0. The van der Waals surface area contributed by atoms with E-state index in [4.69, 9.17) is 9.63 Å². The van der Waals surface area contributed by atoms with Crippen LogP contribution in [0.15, 0.2) is 41.1 Å². The van der Waals surface area contributed by atoms with Gasteiger partial charge < -0.3 is 9.63 Å². The zero-order valence-corrected chi connectivity index (χ0v) is 13.6. The Morgan fingerprint density at radius 1 is 1.30 bits per heavy atom. The minimum atomic E-state index is -3.54. The SMILES string of the molecule is O=S(=O)(Cc1ccon1)N(CCCO)C1CCc2ccccc21. The summed E-state index contributed by atoms with van der Waals surface area (Å²) in [6.07, 6.45) is 3.42. The maximum absolute atomic E-state index is 12.9. The van der Waals surface area contributed by atoms with Crippen LogP contribution in [0.1, 0.15) is 35.7 Å². The van der Waals surface area contributed by atoms with Gasteiger partial charge in [0.1, 0.15) is 12.0 Å². The molecule has 1 aliphatic rings. The van der Waals surface area contributed by atoms with Crippen molar-refractivity contribution in [2.45, 2.75) is 31.1 Å². The summed E-state index contributed by atoms with van der Waals surface area (Å²) >= 11 is 0. The molecular weight excluding hydrogens is 316 g/mol. The van der Waals surface area contributed by atoms with Gasteiger partial charge in [0.05, 0.1) is 11.7 Å². The molecule has 1 aliphatic carbocycles. The number of hydrogen-bond donors (Lipinski definition) is 1. The van der Waals surface area contributed by atoms with E-state index in [1.807, 2.05) is 24.3 Å². The Labute approximate surface area is 135 Å². The van der Waals surface area contributed by atoms with Gasteiger partial charge in [-0.25, -0.2) is 8.42 Å². The number of fused-ring (bicyclic) bond motifs is 1. The van der Waals surface area contributed by atoms with Crippen LogP contribution in [0.4, 0.5) is 0 Å².